The fraction of sp³-hybridized carbons (Fsp3) is 0.500. The Kier molecular flexibility index (Phi) is 4.96. The Morgan fingerprint density at radius 3 is 3.21 bits per heavy atom. The van der Waals surface area contributed by atoms with Crippen LogP contribution in [-0.4, -0.2) is 64.5 Å². The predicted octanol–water partition coefficient (Wildman–Crippen LogP) is -0.609. The number of amides is 1. The third-order valence-corrected chi connectivity index (χ3v) is 3.67. The topological polar surface area (TPSA) is 121 Å². The average molecular weight is 333 g/mol. The molecule has 2 N–H and O–H groups in total. The van der Waals surface area contributed by atoms with Gasteiger partial charge in [0.1, 0.15) is 11.9 Å². The van der Waals surface area contributed by atoms with Gasteiger partial charge in [0.15, 0.2) is 0 Å². The van der Waals surface area contributed by atoms with Crippen LogP contribution >= 0.6 is 0 Å². The van der Waals surface area contributed by atoms with Crippen molar-refractivity contribution in [3.63, 3.8) is 0 Å². The third kappa shape index (κ3) is 3.49. The highest BCUT2D eigenvalue weighted by molar-refractivity contribution is 5.97. The number of pyridine rings is 1. The summed E-state index contributed by atoms with van der Waals surface area (Å²) in [4.78, 5) is 19.3. The minimum absolute atomic E-state index is 0.349. The number of anilines is 1. The normalized spacial score (nSPS) is 17.9. The van der Waals surface area contributed by atoms with E-state index in [-0.39, 0.29) is 6.10 Å². The Balaban J connectivity index is 1.75. The van der Waals surface area contributed by atoms with Crippen LogP contribution in [0, 0.1) is 0 Å². The largest absolute Gasteiger partial charge is 0.383 e. The lowest BCUT2D eigenvalue weighted by Crippen LogP contribution is -2.40. The van der Waals surface area contributed by atoms with E-state index in [1.165, 1.54) is 4.80 Å². The average Bonchev–Trinajstić information content (AvgIpc) is 3.09. The summed E-state index contributed by atoms with van der Waals surface area (Å²) < 4.78 is 10.7. The van der Waals surface area contributed by atoms with Crippen LogP contribution in [0.3, 0.4) is 0 Å². The summed E-state index contributed by atoms with van der Waals surface area (Å²) in [6.45, 7) is 2.56. The van der Waals surface area contributed by atoms with Gasteiger partial charge in [0.05, 0.1) is 31.9 Å². The SMILES string of the molecule is COCCn1nnc(C2CN(c3ncccc3C(N)=O)CCO2)n1. The maximum atomic E-state index is 11.6. The molecule has 0 saturated carbocycles. The van der Waals surface area contributed by atoms with E-state index in [0.717, 1.165) is 0 Å². The molecule has 10 nitrogen and oxygen atoms in total. The molecule has 3 rings (SSSR count). The molecule has 1 fully saturated rings. The van der Waals surface area contributed by atoms with Gasteiger partial charge in [0.25, 0.3) is 5.91 Å². The highest BCUT2D eigenvalue weighted by Gasteiger charge is 2.28. The Bertz CT molecular complexity index is 705. The molecule has 0 bridgehead atoms. The first-order valence-electron chi connectivity index (χ1n) is 7.57. The maximum Gasteiger partial charge on any atom is 0.252 e. The molecule has 1 aliphatic rings. The Morgan fingerprint density at radius 1 is 1.54 bits per heavy atom. The number of rotatable bonds is 6. The van der Waals surface area contributed by atoms with E-state index >= 15 is 0 Å². The molecule has 1 saturated heterocycles. The Morgan fingerprint density at radius 2 is 2.42 bits per heavy atom. The Labute approximate surface area is 138 Å². The number of nitrogens with two attached hydrogens (primary N) is 1. The first-order chi connectivity index (χ1) is 11.7. The van der Waals surface area contributed by atoms with E-state index in [4.69, 9.17) is 15.2 Å². The highest BCUT2D eigenvalue weighted by Crippen LogP contribution is 2.24. The van der Waals surface area contributed by atoms with Crippen LogP contribution in [0.4, 0.5) is 5.82 Å². The number of tetrazole rings is 1. The molecule has 0 spiro atoms. The first kappa shape index (κ1) is 16.3. The van der Waals surface area contributed by atoms with E-state index in [0.29, 0.717) is 50.1 Å². The van der Waals surface area contributed by atoms with Crippen LogP contribution in [-0.2, 0) is 16.0 Å². The van der Waals surface area contributed by atoms with Crippen LogP contribution < -0.4 is 10.6 Å². The van der Waals surface area contributed by atoms with Crippen molar-refractivity contribution in [2.75, 3.05) is 38.3 Å². The lowest BCUT2D eigenvalue weighted by atomic mass is 10.2. The number of morpholine rings is 1. The second-order valence-corrected chi connectivity index (χ2v) is 5.28. The number of carbonyl (C=O) groups is 1. The molecule has 2 aromatic rings. The quantitative estimate of drug-likeness (QED) is 0.743. The van der Waals surface area contributed by atoms with Crippen molar-refractivity contribution in [1.29, 1.82) is 0 Å². The molecule has 1 unspecified atom stereocenters. The molecule has 1 amide bonds. The summed E-state index contributed by atoms with van der Waals surface area (Å²) in [6, 6.07) is 3.35. The first-order valence-corrected chi connectivity index (χ1v) is 7.57. The number of methoxy groups -OCH3 is 1. The summed E-state index contributed by atoms with van der Waals surface area (Å²) in [5.41, 5.74) is 5.81. The molecule has 0 aromatic carbocycles. The van der Waals surface area contributed by atoms with E-state index in [1.807, 2.05) is 4.90 Å². The van der Waals surface area contributed by atoms with Gasteiger partial charge in [-0.1, -0.05) is 0 Å². The summed E-state index contributed by atoms with van der Waals surface area (Å²) in [6.07, 6.45) is 1.28. The molecule has 24 heavy (non-hydrogen) atoms. The van der Waals surface area contributed by atoms with Gasteiger partial charge in [-0.05, 0) is 17.3 Å². The van der Waals surface area contributed by atoms with Gasteiger partial charge in [-0.25, -0.2) is 4.98 Å². The monoisotopic (exact) mass is 333 g/mol. The lowest BCUT2D eigenvalue weighted by molar-refractivity contribution is 0.0334. The van der Waals surface area contributed by atoms with Crippen LogP contribution in [0.1, 0.15) is 22.3 Å². The van der Waals surface area contributed by atoms with Crippen molar-refractivity contribution < 1.29 is 14.3 Å². The van der Waals surface area contributed by atoms with Gasteiger partial charge >= 0.3 is 0 Å². The molecule has 0 radical (unpaired) electrons. The molecule has 3 heterocycles. The Hall–Kier alpha value is -2.59. The van der Waals surface area contributed by atoms with Gasteiger partial charge in [-0.15, -0.1) is 10.2 Å². The van der Waals surface area contributed by atoms with E-state index in [1.54, 1.807) is 25.4 Å². The number of aromatic nitrogens is 5. The van der Waals surface area contributed by atoms with E-state index in [9.17, 15) is 4.79 Å². The predicted molar refractivity (Wildman–Crippen MR) is 83.4 cm³/mol. The number of hydrogen-bond acceptors (Lipinski definition) is 8. The summed E-state index contributed by atoms with van der Waals surface area (Å²) >= 11 is 0. The van der Waals surface area contributed by atoms with Crippen LogP contribution in [0.15, 0.2) is 18.3 Å². The zero-order chi connectivity index (χ0) is 16.9. The molecule has 10 heteroatoms. The van der Waals surface area contributed by atoms with Crippen molar-refractivity contribution in [2.45, 2.75) is 12.6 Å². The minimum atomic E-state index is -0.509. The van der Waals surface area contributed by atoms with Crippen molar-refractivity contribution in [2.24, 2.45) is 5.73 Å². The molecule has 1 atom stereocenters. The number of ether oxygens (including phenoxy) is 2. The smallest absolute Gasteiger partial charge is 0.252 e. The van der Waals surface area contributed by atoms with Crippen molar-refractivity contribution in [3.05, 3.63) is 29.7 Å². The summed E-state index contributed by atoms with van der Waals surface area (Å²) in [5, 5.41) is 12.3. The lowest BCUT2D eigenvalue weighted by Gasteiger charge is -2.33. The van der Waals surface area contributed by atoms with Gasteiger partial charge in [0, 0.05) is 19.9 Å². The molecular formula is C14H19N7O3. The van der Waals surface area contributed by atoms with Gasteiger partial charge in [-0.2, -0.15) is 4.80 Å². The van der Waals surface area contributed by atoms with E-state index < -0.39 is 5.91 Å². The summed E-state index contributed by atoms with van der Waals surface area (Å²) in [7, 11) is 1.61. The van der Waals surface area contributed by atoms with Crippen molar-refractivity contribution in [1.82, 2.24) is 25.2 Å². The fourth-order valence-corrected chi connectivity index (χ4v) is 2.49. The van der Waals surface area contributed by atoms with Crippen LogP contribution in [0.5, 0.6) is 0 Å². The second kappa shape index (κ2) is 7.32. The number of nitrogens with zero attached hydrogens (tertiary/aromatic N) is 6. The van der Waals surface area contributed by atoms with Crippen molar-refractivity contribution >= 4 is 11.7 Å². The zero-order valence-corrected chi connectivity index (χ0v) is 13.3. The molecule has 1 aliphatic heterocycles. The third-order valence-electron chi connectivity index (χ3n) is 3.67. The maximum absolute atomic E-state index is 11.6. The zero-order valence-electron chi connectivity index (χ0n) is 13.3. The van der Waals surface area contributed by atoms with Gasteiger partial charge in [-0.3, -0.25) is 4.79 Å². The highest BCUT2D eigenvalue weighted by atomic mass is 16.5. The minimum Gasteiger partial charge on any atom is -0.383 e. The van der Waals surface area contributed by atoms with Crippen LogP contribution in [0.25, 0.3) is 0 Å². The fourth-order valence-electron chi connectivity index (χ4n) is 2.49. The molecule has 0 aliphatic carbocycles. The van der Waals surface area contributed by atoms with Gasteiger partial charge < -0.3 is 20.1 Å². The standard InChI is InChI=1S/C14H19N7O3/c1-23-7-6-21-18-13(17-19-21)11-9-20(5-8-24-11)14-10(12(15)22)3-2-4-16-14/h2-4,11H,5-9H2,1H3,(H2,15,22). The van der Waals surface area contributed by atoms with E-state index in [2.05, 4.69) is 20.4 Å². The van der Waals surface area contributed by atoms with Gasteiger partial charge in [0.2, 0.25) is 5.82 Å². The number of carbonyl (C=O) groups excluding carboxylic acids is 1. The number of primary amides is 1. The molecule has 128 valence electrons. The van der Waals surface area contributed by atoms with Crippen LogP contribution in [0.2, 0.25) is 0 Å². The molecular weight excluding hydrogens is 314 g/mol. The molecule has 2 aromatic heterocycles. The van der Waals surface area contributed by atoms with Crippen molar-refractivity contribution in [3.8, 4) is 0 Å². The summed E-state index contributed by atoms with van der Waals surface area (Å²) in [5.74, 6) is 0.530. The second-order valence-electron chi connectivity index (χ2n) is 5.28. The number of hydrogen-bond donors (Lipinski definition) is 1.